The highest BCUT2D eigenvalue weighted by Crippen LogP contribution is 2.22. The lowest BCUT2D eigenvalue weighted by Gasteiger charge is -2.26. The van der Waals surface area contributed by atoms with Gasteiger partial charge in [0.05, 0.1) is 11.3 Å². The summed E-state index contributed by atoms with van der Waals surface area (Å²) in [4.78, 5) is 26.3. The van der Waals surface area contributed by atoms with E-state index in [1.54, 1.807) is 17.0 Å². The minimum absolute atomic E-state index is 0.156. The smallest absolute Gasteiger partial charge is 0.338 e. The third-order valence-corrected chi connectivity index (χ3v) is 5.48. The van der Waals surface area contributed by atoms with Crippen LogP contribution in [0.25, 0.3) is 5.57 Å². The van der Waals surface area contributed by atoms with Crippen molar-refractivity contribution in [2.24, 2.45) is 0 Å². The molecular formula is C22H23NO5S. The second kappa shape index (κ2) is 9.05. The summed E-state index contributed by atoms with van der Waals surface area (Å²) in [7, 11) is -3.20. The molecule has 0 atom stereocenters. The number of carbonyl (C=O) groups is 2. The number of amides is 1. The minimum atomic E-state index is -3.20. The number of sulfone groups is 1. The van der Waals surface area contributed by atoms with Gasteiger partial charge in [-0.25, -0.2) is 13.2 Å². The van der Waals surface area contributed by atoms with Crippen LogP contribution in [0, 0.1) is 0 Å². The molecule has 1 amide bonds. The van der Waals surface area contributed by atoms with E-state index < -0.39 is 15.8 Å². The number of ether oxygens (including phenoxy) is 1. The SMILES string of the molecule is CS(=O)(=O)Cc1cccc(C(=O)OCC(=O)N2CC=C(c3ccccc3)CC2)c1. The van der Waals surface area contributed by atoms with E-state index in [9.17, 15) is 18.0 Å². The molecule has 2 aromatic rings. The average molecular weight is 413 g/mol. The molecule has 6 nitrogen and oxygen atoms in total. The molecular weight excluding hydrogens is 390 g/mol. The standard InChI is InChI=1S/C22H23NO5S/c1-29(26,27)16-17-6-5-9-20(14-17)22(25)28-15-21(24)23-12-10-19(11-13-23)18-7-3-2-4-8-18/h2-10,14H,11-13,15-16H2,1H3. The van der Waals surface area contributed by atoms with Crippen LogP contribution in [-0.2, 0) is 25.1 Å². The Morgan fingerprint density at radius 1 is 1.07 bits per heavy atom. The fourth-order valence-electron chi connectivity index (χ4n) is 3.20. The summed E-state index contributed by atoms with van der Waals surface area (Å²) in [6.07, 6.45) is 3.90. The Balaban J connectivity index is 1.54. The maximum Gasteiger partial charge on any atom is 0.338 e. The molecule has 0 fully saturated rings. The molecule has 0 spiro atoms. The average Bonchev–Trinajstić information content (AvgIpc) is 2.71. The summed E-state index contributed by atoms with van der Waals surface area (Å²) >= 11 is 0. The fraction of sp³-hybridized carbons (Fsp3) is 0.273. The quantitative estimate of drug-likeness (QED) is 0.680. The topological polar surface area (TPSA) is 80.7 Å². The highest BCUT2D eigenvalue weighted by Gasteiger charge is 2.20. The predicted molar refractivity (Wildman–Crippen MR) is 111 cm³/mol. The molecule has 1 aliphatic heterocycles. The van der Waals surface area contributed by atoms with Gasteiger partial charge in [-0.05, 0) is 35.3 Å². The normalized spacial score (nSPS) is 14.2. The summed E-state index contributed by atoms with van der Waals surface area (Å²) in [6.45, 7) is 0.703. The second-order valence-corrected chi connectivity index (χ2v) is 9.17. The Bertz CT molecular complexity index is 1030. The van der Waals surface area contributed by atoms with Crippen LogP contribution in [0.2, 0.25) is 0 Å². The van der Waals surface area contributed by atoms with E-state index >= 15 is 0 Å². The molecule has 0 saturated heterocycles. The van der Waals surface area contributed by atoms with Crippen molar-refractivity contribution in [3.8, 4) is 0 Å². The Labute approximate surface area is 170 Å². The van der Waals surface area contributed by atoms with Crippen molar-refractivity contribution in [2.45, 2.75) is 12.2 Å². The van der Waals surface area contributed by atoms with E-state index in [1.165, 1.54) is 17.7 Å². The highest BCUT2D eigenvalue weighted by atomic mass is 32.2. The lowest BCUT2D eigenvalue weighted by atomic mass is 10.00. The van der Waals surface area contributed by atoms with Gasteiger partial charge in [-0.1, -0.05) is 48.5 Å². The van der Waals surface area contributed by atoms with Gasteiger partial charge in [0, 0.05) is 19.3 Å². The first-order valence-corrected chi connectivity index (χ1v) is 11.3. The third kappa shape index (κ3) is 6.02. The summed E-state index contributed by atoms with van der Waals surface area (Å²) in [6, 6.07) is 16.3. The van der Waals surface area contributed by atoms with E-state index in [0.29, 0.717) is 18.7 Å². The molecule has 7 heteroatoms. The lowest BCUT2D eigenvalue weighted by molar-refractivity contribution is -0.134. The molecule has 0 aromatic heterocycles. The Morgan fingerprint density at radius 3 is 2.48 bits per heavy atom. The first kappa shape index (κ1) is 20.8. The molecule has 0 saturated carbocycles. The number of carbonyl (C=O) groups excluding carboxylic acids is 2. The third-order valence-electron chi connectivity index (χ3n) is 4.62. The molecule has 1 aliphatic rings. The van der Waals surface area contributed by atoms with Gasteiger partial charge in [-0.15, -0.1) is 0 Å². The van der Waals surface area contributed by atoms with Crippen LogP contribution in [0.1, 0.15) is 27.9 Å². The largest absolute Gasteiger partial charge is 0.452 e. The first-order valence-electron chi connectivity index (χ1n) is 9.28. The van der Waals surface area contributed by atoms with E-state index in [4.69, 9.17) is 4.74 Å². The molecule has 1 heterocycles. The number of benzene rings is 2. The van der Waals surface area contributed by atoms with Crippen LogP contribution in [0.4, 0.5) is 0 Å². The van der Waals surface area contributed by atoms with Crippen LogP contribution < -0.4 is 0 Å². The van der Waals surface area contributed by atoms with E-state index in [0.717, 1.165) is 18.2 Å². The van der Waals surface area contributed by atoms with Crippen molar-refractivity contribution >= 4 is 27.3 Å². The molecule has 0 radical (unpaired) electrons. The van der Waals surface area contributed by atoms with Crippen molar-refractivity contribution in [2.75, 3.05) is 26.0 Å². The number of nitrogens with zero attached hydrogens (tertiary/aromatic N) is 1. The van der Waals surface area contributed by atoms with Crippen LogP contribution in [0.5, 0.6) is 0 Å². The first-order chi connectivity index (χ1) is 13.8. The fourth-order valence-corrected chi connectivity index (χ4v) is 3.99. The van der Waals surface area contributed by atoms with E-state index in [2.05, 4.69) is 0 Å². The molecule has 152 valence electrons. The zero-order valence-corrected chi connectivity index (χ0v) is 17.0. The number of hydrogen-bond acceptors (Lipinski definition) is 5. The maximum atomic E-state index is 12.4. The molecule has 29 heavy (non-hydrogen) atoms. The van der Waals surface area contributed by atoms with Gasteiger partial charge in [0.15, 0.2) is 16.4 Å². The maximum absolute atomic E-state index is 12.4. The second-order valence-electron chi connectivity index (χ2n) is 7.03. The summed E-state index contributed by atoms with van der Waals surface area (Å²) in [5.74, 6) is -1.06. The number of hydrogen-bond donors (Lipinski definition) is 0. The minimum Gasteiger partial charge on any atom is -0.452 e. The summed E-state index contributed by atoms with van der Waals surface area (Å²) < 4.78 is 28.0. The van der Waals surface area contributed by atoms with Crippen LogP contribution >= 0.6 is 0 Å². The molecule has 0 N–H and O–H groups in total. The Morgan fingerprint density at radius 2 is 1.83 bits per heavy atom. The van der Waals surface area contributed by atoms with E-state index in [1.807, 2.05) is 36.4 Å². The van der Waals surface area contributed by atoms with Gasteiger partial charge in [-0.2, -0.15) is 0 Å². The van der Waals surface area contributed by atoms with Crippen molar-refractivity contribution in [1.29, 1.82) is 0 Å². The lowest BCUT2D eigenvalue weighted by Crippen LogP contribution is -2.37. The summed E-state index contributed by atoms with van der Waals surface area (Å²) in [5.41, 5.74) is 3.08. The predicted octanol–water partition coefficient (Wildman–Crippen LogP) is 2.70. The molecule has 2 aromatic carbocycles. The van der Waals surface area contributed by atoms with Crippen LogP contribution in [0.15, 0.2) is 60.7 Å². The number of rotatable bonds is 6. The van der Waals surface area contributed by atoms with Gasteiger partial charge in [-0.3, -0.25) is 4.79 Å². The monoisotopic (exact) mass is 413 g/mol. The number of esters is 1. The Kier molecular flexibility index (Phi) is 6.49. The molecule has 0 aliphatic carbocycles. The van der Waals surface area contributed by atoms with Gasteiger partial charge in [0.1, 0.15) is 0 Å². The Hall–Kier alpha value is -2.93. The van der Waals surface area contributed by atoms with Crippen LogP contribution in [0.3, 0.4) is 0 Å². The molecule has 3 rings (SSSR count). The van der Waals surface area contributed by atoms with Crippen molar-refractivity contribution in [3.63, 3.8) is 0 Å². The zero-order chi connectivity index (χ0) is 20.9. The zero-order valence-electron chi connectivity index (χ0n) is 16.2. The van der Waals surface area contributed by atoms with Gasteiger partial charge < -0.3 is 9.64 Å². The van der Waals surface area contributed by atoms with Crippen molar-refractivity contribution < 1.29 is 22.7 Å². The van der Waals surface area contributed by atoms with Crippen molar-refractivity contribution in [3.05, 3.63) is 77.4 Å². The highest BCUT2D eigenvalue weighted by molar-refractivity contribution is 7.89. The van der Waals surface area contributed by atoms with Crippen LogP contribution in [-0.4, -0.2) is 51.1 Å². The van der Waals surface area contributed by atoms with Gasteiger partial charge in [0.25, 0.3) is 5.91 Å². The van der Waals surface area contributed by atoms with Gasteiger partial charge in [0.2, 0.25) is 0 Å². The van der Waals surface area contributed by atoms with Crippen molar-refractivity contribution in [1.82, 2.24) is 4.90 Å². The van der Waals surface area contributed by atoms with Gasteiger partial charge >= 0.3 is 5.97 Å². The summed E-state index contributed by atoms with van der Waals surface area (Å²) in [5, 5.41) is 0. The van der Waals surface area contributed by atoms with E-state index in [-0.39, 0.29) is 23.8 Å². The molecule has 0 bridgehead atoms. The molecule has 0 unspecified atom stereocenters.